The first kappa shape index (κ1) is 13.0. The Morgan fingerprint density at radius 1 is 1.50 bits per heavy atom. The third kappa shape index (κ3) is 2.51. The van der Waals surface area contributed by atoms with Crippen LogP contribution < -0.4 is 5.32 Å². The molecule has 2 heterocycles. The lowest BCUT2D eigenvalue weighted by atomic mass is 10.2. The third-order valence-corrected chi connectivity index (χ3v) is 3.60. The van der Waals surface area contributed by atoms with Crippen molar-refractivity contribution in [3.63, 3.8) is 0 Å². The standard InChI is InChI=1S/C11H16N4O2S/c1-6(16-4)5-8-13-10(17-14-8)9-7(2)15-18-11(9)12-3/h6,12H,5H2,1-4H3. The zero-order chi connectivity index (χ0) is 13.1. The predicted octanol–water partition coefficient (Wildman–Crippen LogP) is 2.12. The highest BCUT2D eigenvalue weighted by Crippen LogP contribution is 2.33. The van der Waals surface area contributed by atoms with E-state index < -0.39 is 0 Å². The molecule has 0 aliphatic rings. The highest BCUT2D eigenvalue weighted by molar-refractivity contribution is 7.10. The number of nitrogens with one attached hydrogen (secondary N) is 1. The molecule has 1 N–H and O–H groups in total. The molecule has 1 atom stereocenters. The van der Waals surface area contributed by atoms with E-state index in [9.17, 15) is 0 Å². The van der Waals surface area contributed by atoms with E-state index in [0.717, 1.165) is 16.3 Å². The van der Waals surface area contributed by atoms with Crippen LogP contribution in [0.4, 0.5) is 5.00 Å². The van der Waals surface area contributed by atoms with Gasteiger partial charge in [0.1, 0.15) is 5.00 Å². The molecule has 0 aliphatic carbocycles. The summed E-state index contributed by atoms with van der Waals surface area (Å²) in [6.45, 7) is 3.89. The number of rotatable bonds is 5. The Hall–Kier alpha value is -1.47. The van der Waals surface area contributed by atoms with Crippen molar-refractivity contribution in [3.05, 3.63) is 11.5 Å². The summed E-state index contributed by atoms with van der Waals surface area (Å²) in [5, 5.41) is 7.97. The summed E-state index contributed by atoms with van der Waals surface area (Å²) in [5.74, 6) is 1.15. The first-order chi connectivity index (χ1) is 8.65. The highest BCUT2D eigenvalue weighted by Gasteiger charge is 2.19. The van der Waals surface area contributed by atoms with Gasteiger partial charge in [-0.05, 0) is 25.4 Å². The fraction of sp³-hybridized carbons (Fsp3) is 0.545. The Bertz CT molecular complexity index is 523. The number of aryl methyl sites for hydroxylation is 1. The quantitative estimate of drug-likeness (QED) is 0.895. The Morgan fingerprint density at radius 2 is 2.28 bits per heavy atom. The van der Waals surface area contributed by atoms with Gasteiger partial charge < -0.3 is 14.6 Å². The molecule has 0 fully saturated rings. The molecule has 2 aromatic heterocycles. The van der Waals surface area contributed by atoms with E-state index in [1.165, 1.54) is 11.5 Å². The van der Waals surface area contributed by atoms with Gasteiger partial charge in [-0.15, -0.1) is 0 Å². The predicted molar refractivity (Wildman–Crippen MR) is 69.9 cm³/mol. The maximum absolute atomic E-state index is 5.29. The topological polar surface area (TPSA) is 73.1 Å². The lowest BCUT2D eigenvalue weighted by Gasteiger charge is -2.03. The van der Waals surface area contributed by atoms with Crippen LogP contribution in [0.2, 0.25) is 0 Å². The number of nitrogens with zero attached hydrogens (tertiary/aromatic N) is 3. The van der Waals surface area contributed by atoms with E-state index in [0.29, 0.717) is 18.1 Å². The van der Waals surface area contributed by atoms with Gasteiger partial charge in [0.25, 0.3) is 5.89 Å². The number of ether oxygens (including phenoxy) is 1. The summed E-state index contributed by atoms with van der Waals surface area (Å²) in [4.78, 5) is 4.38. The molecule has 0 saturated heterocycles. The van der Waals surface area contributed by atoms with E-state index in [-0.39, 0.29) is 6.10 Å². The van der Waals surface area contributed by atoms with Crippen molar-refractivity contribution in [2.45, 2.75) is 26.4 Å². The fourth-order valence-corrected chi connectivity index (χ4v) is 2.31. The molecular weight excluding hydrogens is 252 g/mol. The van der Waals surface area contributed by atoms with Gasteiger partial charge in [-0.3, -0.25) is 0 Å². The van der Waals surface area contributed by atoms with Gasteiger partial charge in [0, 0.05) is 20.6 Å². The number of aromatic nitrogens is 3. The molecule has 2 aromatic rings. The summed E-state index contributed by atoms with van der Waals surface area (Å²) < 4.78 is 14.7. The number of hydrogen-bond acceptors (Lipinski definition) is 7. The first-order valence-electron chi connectivity index (χ1n) is 5.65. The number of hydrogen-bond donors (Lipinski definition) is 1. The third-order valence-electron chi connectivity index (χ3n) is 2.64. The van der Waals surface area contributed by atoms with Gasteiger partial charge in [0.05, 0.1) is 17.4 Å². The van der Waals surface area contributed by atoms with Crippen molar-refractivity contribution in [1.29, 1.82) is 0 Å². The average Bonchev–Trinajstić information content (AvgIpc) is 2.95. The second-order valence-corrected chi connectivity index (χ2v) is 4.76. The molecule has 1 unspecified atom stereocenters. The van der Waals surface area contributed by atoms with Gasteiger partial charge in [-0.25, -0.2) is 0 Å². The number of anilines is 1. The SMILES string of the molecule is CNc1snc(C)c1-c1nc(CC(C)OC)no1. The maximum atomic E-state index is 5.29. The van der Waals surface area contributed by atoms with Crippen LogP contribution in [0.25, 0.3) is 11.5 Å². The molecule has 0 saturated carbocycles. The van der Waals surface area contributed by atoms with Crippen LogP contribution >= 0.6 is 11.5 Å². The van der Waals surface area contributed by atoms with E-state index in [1.807, 2.05) is 20.9 Å². The number of methoxy groups -OCH3 is 1. The van der Waals surface area contributed by atoms with Gasteiger partial charge in [-0.2, -0.15) is 9.36 Å². The van der Waals surface area contributed by atoms with Crippen molar-refractivity contribution >= 4 is 16.5 Å². The fourth-order valence-electron chi connectivity index (χ4n) is 1.57. The highest BCUT2D eigenvalue weighted by atomic mass is 32.1. The molecular formula is C11H16N4O2S. The van der Waals surface area contributed by atoms with Crippen LogP contribution in [0, 0.1) is 6.92 Å². The largest absolute Gasteiger partial charge is 0.381 e. The van der Waals surface area contributed by atoms with Gasteiger partial charge >= 0.3 is 0 Å². The molecule has 2 rings (SSSR count). The molecule has 0 aromatic carbocycles. The minimum Gasteiger partial charge on any atom is -0.381 e. The maximum Gasteiger partial charge on any atom is 0.262 e. The van der Waals surface area contributed by atoms with Crippen LogP contribution in [-0.4, -0.2) is 34.8 Å². The zero-order valence-corrected chi connectivity index (χ0v) is 11.7. The molecule has 0 aliphatic heterocycles. The van der Waals surface area contributed by atoms with Crippen molar-refractivity contribution in [2.24, 2.45) is 0 Å². The van der Waals surface area contributed by atoms with Crippen LogP contribution in [-0.2, 0) is 11.2 Å². The summed E-state index contributed by atoms with van der Waals surface area (Å²) in [7, 11) is 3.51. The minimum absolute atomic E-state index is 0.0703. The molecule has 18 heavy (non-hydrogen) atoms. The molecule has 0 amide bonds. The minimum atomic E-state index is 0.0703. The summed E-state index contributed by atoms with van der Waals surface area (Å²) in [5.41, 5.74) is 1.77. The second-order valence-electron chi connectivity index (χ2n) is 3.99. The van der Waals surface area contributed by atoms with Crippen molar-refractivity contribution in [1.82, 2.24) is 14.5 Å². The summed E-state index contributed by atoms with van der Waals surface area (Å²) in [6.07, 6.45) is 0.701. The second kappa shape index (κ2) is 5.45. The van der Waals surface area contributed by atoms with Crippen LogP contribution in [0.1, 0.15) is 18.4 Å². The van der Waals surface area contributed by atoms with Crippen molar-refractivity contribution in [3.8, 4) is 11.5 Å². The Balaban J connectivity index is 2.26. The van der Waals surface area contributed by atoms with E-state index >= 15 is 0 Å². The van der Waals surface area contributed by atoms with Gasteiger partial charge in [0.2, 0.25) is 0 Å². The van der Waals surface area contributed by atoms with E-state index in [2.05, 4.69) is 19.8 Å². The Morgan fingerprint density at radius 3 is 2.94 bits per heavy atom. The Kier molecular flexibility index (Phi) is 3.93. The average molecular weight is 268 g/mol. The van der Waals surface area contributed by atoms with Crippen LogP contribution in [0.3, 0.4) is 0 Å². The molecule has 6 nitrogen and oxygen atoms in total. The molecule has 0 spiro atoms. The van der Waals surface area contributed by atoms with E-state index in [4.69, 9.17) is 9.26 Å². The normalized spacial score (nSPS) is 12.7. The zero-order valence-electron chi connectivity index (χ0n) is 10.9. The molecule has 0 radical (unpaired) electrons. The molecule has 98 valence electrons. The van der Waals surface area contributed by atoms with Crippen LogP contribution in [0.15, 0.2) is 4.52 Å². The molecule has 0 bridgehead atoms. The van der Waals surface area contributed by atoms with Crippen molar-refractivity contribution in [2.75, 3.05) is 19.5 Å². The summed E-state index contributed by atoms with van der Waals surface area (Å²) >= 11 is 1.39. The lowest BCUT2D eigenvalue weighted by molar-refractivity contribution is 0.116. The smallest absolute Gasteiger partial charge is 0.262 e. The van der Waals surface area contributed by atoms with Crippen molar-refractivity contribution < 1.29 is 9.26 Å². The van der Waals surface area contributed by atoms with Gasteiger partial charge in [0.15, 0.2) is 5.82 Å². The summed E-state index contributed by atoms with van der Waals surface area (Å²) in [6, 6.07) is 0. The van der Waals surface area contributed by atoms with Gasteiger partial charge in [-0.1, -0.05) is 5.16 Å². The Labute approximate surface area is 110 Å². The monoisotopic (exact) mass is 268 g/mol. The van der Waals surface area contributed by atoms with E-state index in [1.54, 1.807) is 7.11 Å². The lowest BCUT2D eigenvalue weighted by Crippen LogP contribution is -2.09. The first-order valence-corrected chi connectivity index (χ1v) is 6.42. The van der Waals surface area contributed by atoms with Crippen LogP contribution in [0.5, 0.6) is 0 Å². The molecule has 7 heteroatoms.